The molecule has 2 aromatic rings. The van der Waals surface area contributed by atoms with Gasteiger partial charge in [0.25, 0.3) is 10.0 Å². The van der Waals surface area contributed by atoms with E-state index in [0.717, 1.165) is 11.3 Å². The maximum absolute atomic E-state index is 12.2. The number of nitrogens with one attached hydrogen (secondary N) is 1. The number of hydrogen-bond donors (Lipinski definition) is 1. The third-order valence-corrected chi connectivity index (χ3v) is 5.29. The highest BCUT2D eigenvalue weighted by Gasteiger charge is 2.20. The molecule has 0 saturated heterocycles. The fourth-order valence-electron chi connectivity index (χ4n) is 1.44. The molecule has 0 aliphatic carbocycles. The molecule has 0 aliphatic heterocycles. The second-order valence-electron chi connectivity index (χ2n) is 3.69. The lowest BCUT2D eigenvalue weighted by Gasteiger charge is -2.17. The molecule has 7 heteroatoms. The predicted molar refractivity (Wildman–Crippen MR) is 82.0 cm³/mol. The van der Waals surface area contributed by atoms with Crippen LogP contribution in [0.5, 0.6) is 0 Å². The Bertz CT molecular complexity index is 745. The van der Waals surface area contributed by atoms with Crippen molar-refractivity contribution in [3.8, 4) is 12.0 Å². The molecule has 0 bridgehead atoms. The van der Waals surface area contributed by atoms with Gasteiger partial charge in [-0.25, -0.2) is 13.4 Å². The number of rotatable bonds is 4. The first-order valence-corrected chi connectivity index (χ1v) is 8.26. The number of benzene rings is 1. The summed E-state index contributed by atoms with van der Waals surface area (Å²) in [6, 6.07) is 14.7. The monoisotopic (exact) mass is 326 g/mol. The van der Waals surface area contributed by atoms with Crippen molar-refractivity contribution >= 4 is 38.6 Å². The molecule has 104 valence electrons. The van der Waals surface area contributed by atoms with Crippen molar-refractivity contribution in [1.82, 2.24) is 4.83 Å². The SMILES string of the molecule is CC#CN(NS(=O)(=O)c1ccc(Cl)s1)c1ccccc1. The van der Waals surface area contributed by atoms with Gasteiger partial charge in [0.15, 0.2) is 0 Å². The average Bonchev–Trinajstić information content (AvgIpc) is 2.87. The van der Waals surface area contributed by atoms with Crippen molar-refractivity contribution in [3.63, 3.8) is 0 Å². The topological polar surface area (TPSA) is 49.4 Å². The van der Waals surface area contributed by atoms with E-state index in [1.54, 1.807) is 37.3 Å². The highest BCUT2D eigenvalue weighted by Crippen LogP contribution is 2.25. The van der Waals surface area contributed by atoms with E-state index in [-0.39, 0.29) is 4.21 Å². The lowest BCUT2D eigenvalue weighted by Crippen LogP contribution is -2.38. The van der Waals surface area contributed by atoms with E-state index in [9.17, 15) is 8.42 Å². The predicted octanol–water partition coefficient (Wildman–Crippen LogP) is 3.08. The highest BCUT2D eigenvalue weighted by molar-refractivity contribution is 7.91. The molecule has 0 spiro atoms. The lowest BCUT2D eigenvalue weighted by atomic mass is 10.3. The van der Waals surface area contributed by atoms with E-state index >= 15 is 0 Å². The van der Waals surface area contributed by atoms with Crippen LogP contribution in [0.2, 0.25) is 4.34 Å². The molecule has 1 aromatic heterocycles. The second kappa shape index (κ2) is 6.29. The fourth-order valence-corrected chi connectivity index (χ4v) is 3.90. The molecule has 0 aliphatic rings. The maximum atomic E-state index is 12.2. The highest BCUT2D eigenvalue weighted by atomic mass is 35.5. The van der Waals surface area contributed by atoms with Crippen LogP contribution in [-0.2, 0) is 10.0 Å². The van der Waals surface area contributed by atoms with E-state index in [0.29, 0.717) is 10.0 Å². The zero-order chi connectivity index (χ0) is 14.6. The van der Waals surface area contributed by atoms with E-state index < -0.39 is 10.0 Å². The Morgan fingerprint density at radius 3 is 2.45 bits per heavy atom. The molecule has 0 unspecified atom stereocenters. The Morgan fingerprint density at radius 1 is 1.20 bits per heavy atom. The van der Waals surface area contributed by atoms with Crippen LogP contribution in [0.3, 0.4) is 0 Å². The van der Waals surface area contributed by atoms with Gasteiger partial charge in [-0.05, 0) is 31.2 Å². The van der Waals surface area contributed by atoms with Crippen LogP contribution in [0, 0.1) is 12.0 Å². The van der Waals surface area contributed by atoms with Gasteiger partial charge in [-0.2, -0.15) is 0 Å². The molecular formula is C13H11ClN2O2S2. The summed E-state index contributed by atoms with van der Waals surface area (Å²) in [5.41, 5.74) is 0.632. The van der Waals surface area contributed by atoms with Crippen LogP contribution in [0.1, 0.15) is 6.92 Å². The number of anilines is 1. The number of halogens is 1. The van der Waals surface area contributed by atoms with Gasteiger partial charge in [0.05, 0.1) is 10.0 Å². The standard InChI is InChI=1S/C13H11ClN2O2S2/c1-2-10-16(11-6-4-3-5-7-11)15-20(17,18)13-9-8-12(14)19-13/h3-9,15H,1H3. The van der Waals surface area contributed by atoms with Gasteiger partial charge in [-0.1, -0.05) is 35.7 Å². The maximum Gasteiger partial charge on any atom is 0.267 e. The average molecular weight is 327 g/mol. The van der Waals surface area contributed by atoms with E-state index in [1.165, 1.54) is 11.1 Å². The third kappa shape index (κ3) is 3.52. The lowest BCUT2D eigenvalue weighted by molar-refractivity contribution is 0.585. The van der Waals surface area contributed by atoms with Crippen molar-refractivity contribution in [1.29, 1.82) is 0 Å². The van der Waals surface area contributed by atoms with Gasteiger partial charge in [0.2, 0.25) is 0 Å². The van der Waals surface area contributed by atoms with Gasteiger partial charge >= 0.3 is 0 Å². The summed E-state index contributed by atoms with van der Waals surface area (Å²) in [5, 5.41) is 1.27. The molecular weight excluding hydrogens is 316 g/mol. The van der Waals surface area contributed by atoms with Gasteiger partial charge < -0.3 is 0 Å². The minimum atomic E-state index is -3.70. The Balaban J connectivity index is 2.31. The smallest absolute Gasteiger partial charge is 0.220 e. The molecule has 0 atom stereocenters. The molecule has 0 saturated carbocycles. The summed E-state index contributed by atoms with van der Waals surface area (Å²) in [5.74, 6) is 2.67. The van der Waals surface area contributed by atoms with Crippen molar-refractivity contribution in [2.75, 3.05) is 5.01 Å². The number of thiophene rings is 1. The van der Waals surface area contributed by atoms with Crippen molar-refractivity contribution in [3.05, 3.63) is 46.8 Å². The number of sulfonamides is 1. The summed E-state index contributed by atoms with van der Waals surface area (Å²) in [4.78, 5) is 2.42. The molecule has 1 aromatic carbocycles. The second-order valence-corrected chi connectivity index (χ2v) is 7.29. The zero-order valence-electron chi connectivity index (χ0n) is 10.5. The van der Waals surface area contributed by atoms with Crippen LogP contribution < -0.4 is 9.84 Å². The van der Waals surface area contributed by atoms with E-state index in [2.05, 4.69) is 16.8 Å². The number of nitrogens with zero attached hydrogens (tertiary/aromatic N) is 1. The van der Waals surface area contributed by atoms with Gasteiger partial charge in [0.1, 0.15) is 4.21 Å². The van der Waals surface area contributed by atoms with Gasteiger partial charge in [-0.15, -0.1) is 16.2 Å². The van der Waals surface area contributed by atoms with Crippen LogP contribution in [-0.4, -0.2) is 8.42 Å². The molecule has 1 N–H and O–H groups in total. The Morgan fingerprint density at radius 2 is 1.90 bits per heavy atom. The molecule has 0 amide bonds. The first-order chi connectivity index (χ1) is 9.53. The van der Waals surface area contributed by atoms with Crippen molar-refractivity contribution in [2.24, 2.45) is 0 Å². The number of para-hydroxylation sites is 1. The number of hydrazine groups is 1. The minimum Gasteiger partial charge on any atom is -0.220 e. The molecule has 2 rings (SSSR count). The molecule has 4 nitrogen and oxygen atoms in total. The Labute approximate surface area is 127 Å². The third-order valence-electron chi connectivity index (χ3n) is 2.26. The molecule has 0 radical (unpaired) electrons. The molecule has 1 heterocycles. The van der Waals surface area contributed by atoms with Crippen molar-refractivity contribution in [2.45, 2.75) is 11.1 Å². The van der Waals surface area contributed by atoms with E-state index in [4.69, 9.17) is 11.6 Å². The first kappa shape index (κ1) is 14.9. The van der Waals surface area contributed by atoms with Gasteiger partial charge in [-0.3, -0.25) is 0 Å². The van der Waals surface area contributed by atoms with Crippen LogP contribution in [0.4, 0.5) is 5.69 Å². The zero-order valence-corrected chi connectivity index (χ0v) is 12.9. The normalized spacial score (nSPS) is 10.7. The summed E-state index contributed by atoms with van der Waals surface area (Å²) in [6.45, 7) is 1.63. The summed E-state index contributed by atoms with van der Waals surface area (Å²) in [6.07, 6.45) is 0. The van der Waals surface area contributed by atoms with Crippen LogP contribution in [0.15, 0.2) is 46.7 Å². The van der Waals surface area contributed by atoms with Crippen LogP contribution in [0.25, 0.3) is 0 Å². The summed E-state index contributed by atoms with van der Waals surface area (Å²) >= 11 is 6.76. The minimum absolute atomic E-state index is 0.140. The molecule has 0 fully saturated rings. The van der Waals surface area contributed by atoms with Crippen molar-refractivity contribution < 1.29 is 8.42 Å². The quantitative estimate of drug-likeness (QED) is 0.533. The number of hydrogen-bond acceptors (Lipinski definition) is 4. The summed E-state index contributed by atoms with van der Waals surface area (Å²) in [7, 11) is -3.70. The van der Waals surface area contributed by atoms with Gasteiger partial charge in [0, 0.05) is 6.04 Å². The fraction of sp³-hybridized carbons (Fsp3) is 0.0769. The largest absolute Gasteiger partial charge is 0.267 e. The van der Waals surface area contributed by atoms with Crippen LogP contribution >= 0.6 is 22.9 Å². The summed E-state index contributed by atoms with van der Waals surface area (Å²) < 4.78 is 25.0. The van der Waals surface area contributed by atoms with E-state index in [1.807, 2.05) is 6.07 Å². The Kier molecular flexibility index (Phi) is 4.68. The first-order valence-electron chi connectivity index (χ1n) is 5.58. The Hall–Kier alpha value is -1.52. The molecule has 20 heavy (non-hydrogen) atoms.